The minimum Gasteiger partial charge on any atom is -0.480 e. The van der Waals surface area contributed by atoms with Crippen LogP contribution in [0.15, 0.2) is 0 Å². The van der Waals surface area contributed by atoms with Crippen molar-refractivity contribution in [2.24, 2.45) is 5.92 Å². The first kappa shape index (κ1) is 15.9. The molecule has 2 atom stereocenters. The molecule has 0 saturated carbocycles. The lowest BCUT2D eigenvalue weighted by Crippen LogP contribution is -2.49. The van der Waals surface area contributed by atoms with E-state index in [9.17, 15) is 9.59 Å². The molecule has 0 aliphatic rings. The van der Waals surface area contributed by atoms with Crippen LogP contribution in [0.4, 0.5) is 0 Å². The number of rotatable bonds is 8. The van der Waals surface area contributed by atoms with Crippen molar-refractivity contribution in [3.63, 3.8) is 0 Å². The molecule has 0 radical (unpaired) electrons. The van der Waals surface area contributed by atoms with Crippen LogP contribution < -0.4 is 10.6 Å². The minimum absolute atomic E-state index is 0.251. The van der Waals surface area contributed by atoms with E-state index in [1.54, 1.807) is 0 Å². The molecule has 0 spiro atoms. The molecule has 0 aromatic heterocycles. The summed E-state index contributed by atoms with van der Waals surface area (Å²) in [5.74, 6) is -0.805. The highest BCUT2D eigenvalue weighted by atomic mass is 16.4. The molecule has 0 saturated heterocycles. The Morgan fingerprint density at radius 1 is 1.24 bits per heavy atom. The van der Waals surface area contributed by atoms with Gasteiger partial charge in [-0.1, -0.05) is 26.7 Å². The molecule has 5 nitrogen and oxygen atoms in total. The van der Waals surface area contributed by atoms with Crippen molar-refractivity contribution in [1.29, 1.82) is 0 Å². The van der Waals surface area contributed by atoms with Gasteiger partial charge in [0.1, 0.15) is 6.04 Å². The van der Waals surface area contributed by atoms with Crippen molar-refractivity contribution < 1.29 is 14.7 Å². The molecule has 0 aliphatic carbocycles. The van der Waals surface area contributed by atoms with Crippen LogP contribution in [-0.2, 0) is 9.59 Å². The Kier molecular flexibility index (Phi) is 7.54. The van der Waals surface area contributed by atoms with E-state index in [0.717, 1.165) is 12.8 Å². The lowest BCUT2D eigenvalue weighted by molar-refractivity contribution is -0.141. The average molecular weight is 244 g/mol. The van der Waals surface area contributed by atoms with Crippen molar-refractivity contribution in [2.45, 2.75) is 52.6 Å². The van der Waals surface area contributed by atoms with Gasteiger partial charge in [-0.3, -0.25) is 4.79 Å². The summed E-state index contributed by atoms with van der Waals surface area (Å²) >= 11 is 0. The molecule has 17 heavy (non-hydrogen) atoms. The third kappa shape index (κ3) is 6.26. The van der Waals surface area contributed by atoms with E-state index >= 15 is 0 Å². The fourth-order valence-electron chi connectivity index (χ4n) is 1.91. The zero-order chi connectivity index (χ0) is 13.4. The number of hydrogen-bond acceptors (Lipinski definition) is 3. The maximum Gasteiger partial charge on any atom is 0.327 e. The Morgan fingerprint density at radius 2 is 1.76 bits per heavy atom. The molecule has 0 aliphatic heterocycles. The zero-order valence-electron chi connectivity index (χ0n) is 11.1. The van der Waals surface area contributed by atoms with E-state index in [1.165, 1.54) is 6.92 Å². The highest BCUT2D eigenvalue weighted by Gasteiger charge is 2.20. The molecule has 0 aromatic rings. The fraction of sp³-hybridized carbons (Fsp3) is 0.833. The molecule has 0 aromatic carbocycles. The number of carboxylic acid groups (broad SMARTS) is 1. The molecule has 0 rings (SSSR count). The molecule has 3 N–H and O–H groups in total. The topological polar surface area (TPSA) is 78.4 Å². The summed E-state index contributed by atoms with van der Waals surface area (Å²) in [6.07, 6.45) is 2.12. The summed E-state index contributed by atoms with van der Waals surface area (Å²) in [6.45, 7) is 7.86. The van der Waals surface area contributed by atoms with Crippen LogP contribution in [0, 0.1) is 5.92 Å². The molecular weight excluding hydrogens is 220 g/mol. The van der Waals surface area contributed by atoms with Crippen LogP contribution in [0.5, 0.6) is 0 Å². The van der Waals surface area contributed by atoms with Crippen molar-refractivity contribution in [3.05, 3.63) is 0 Å². The number of carbonyl (C=O) groups excluding carboxylic acids is 1. The highest BCUT2D eigenvalue weighted by molar-refractivity contribution is 5.82. The number of carbonyl (C=O) groups is 2. The van der Waals surface area contributed by atoms with Crippen LogP contribution in [0.25, 0.3) is 0 Å². The van der Waals surface area contributed by atoms with Gasteiger partial charge in [0.2, 0.25) is 5.91 Å². The second-order valence-electron chi connectivity index (χ2n) is 4.36. The van der Waals surface area contributed by atoms with Gasteiger partial charge >= 0.3 is 5.97 Å². The van der Waals surface area contributed by atoms with Crippen LogP contribution >= 0.6 is 0 Å². The summed E-state index contributed by atoms with van der Waals surface area (Å²) in [5.41, 5.74) is 0. The van der Waals surface area contributed by atoms with Crippen molar-refractivity contribution in [3.8, 4) is 0 Å². The minimum atomic E-state index is -1.01. The SMILES string of the molecule is CCC(CC)C(C)NCC(NC(C)=O)C(=O)O. The first-order valence-corrected chi connectivity index (χ1v) is 6.15. The van der Waals surface area contributed by atoms with Crippen molar-refractivity contribution in [1.82, 2.24) is 10.6 Å². The van der Waals surface area contributed by atoms with Crippen molar-refractivity contribution in [2.75, 3.05) is 6.54 Å². The van der Waals surface area contributed by atoms with Crippen LogP contribution in [0.1, 0.15) is 40.5 Å². The van der Waals surface area contributed by atoms with Gasteiger partial charge in [-0.05, 0) is 12.8 Å². The first-order chi connectivity index (χ1) is 7.92. The Balaban J connectivity index is 4.20. The second kappa shape index (κ2) is 8.06. The molecule has 0 heterocycles. The van der Waals surface area contributed by atoms with E-state index in [2.05, 4.69) is 24.5 Å². The van der Waals surface area contributed by atoms with E-state index in [4.69, 9.17) is 5.11 Å². The van der Waals surface area contributed by atoms with Gasteiger partial charge in [0.25, 0.3) is 0 Å². The maximum atomic E-state index is 10.9. The number of aliphatic carboxylic acids is 1. The smallest absolute Gasteiger partial charge is 0.327 e. The zero-order valence-corrected chi connectivity index (χ0v) is 11.1. The summed E-state index contributed by atoms with van der Waals surface area (Å²) < 4.78 is 0. The molecule has 2 unspecified atom stereocenters. The van der Waals surface area contributed by atoms with Crippen molar-refractivity contribution >= 4 is 11.9 Å². The summed E-state index contributed by atoms with van der Waals surface area (Å²) in [6, 6.07) is -0.607. The Labute approximate surface area is 103 Å². The first-order valence-electron chi connectivity index (χ1n) is 6.15. The monoisotopic (exact) mass is 244 g/mol. The van der Waals surface area contributed by atoms with Gasteiger partial charge < -0.3 is 15.7 Å². The molecule has 1 amide bonds. The molecule has 100 valence electrons. The predicted molar refractivity (Wildman–Crippen MR) is 66.8 cm³/mol. The van der Waals surface area contributed by atoms with Crippen LogP contribution in [0.3, 0.4) is 0 Å². The number of nitrogens with one attached hydrogen (secondary N) is 2. The lowest BCUT2D eigenvalue weighted by atomic mass is 9.95. The fourth-order valence-corrected chi connectivity index (χ4v) is 1.91. The average Bonchev–Trinajstić information content (AvgIpc) is 2.25. The quantitative estimate of drug-likeness (QED) is 0.595. The molecule has 0 fully saturated rings. The highest BCUT2D eigenvalue weighted by Crippen LogP contribution is 2.12. The van der Waals surface area contributed by atoms with Crippen LogP contribution in [0.2, 0.25) is 0 Å². The third-order valence-electron chi connectivity index (χ3n) is 3.08. The standard InChI is InChI=1S/C12H24N2O3/c1-5-10(6-2)8(3)13-7-11(12(16)17)14-9(4)15/h8,10-11,13H,5-7H2,1-4H3,(H,14,15)(H,16,17). The largest absolute Gasteiger partial charge is 0.480 e. The van der Waals surface area contributed by atoms with E-state index in [-0.39, 0.29) is 18.5 Å². The summed E-state index contributed by atoms with van der Waals surface area (Å²) in [7, 11) is 0. The molecule has 0 bridgehead atoms. The Morgan fingerprint density at radius 3 is 2.12 bits per heavy atom. The number of amides is 1. The van der Waals surface area contributed by atoms with E-state index in [1.807, 2.05) is 6.92 Å². The predicted octanol–water partition coefficient (Wildman–Crippen LogP) is 0.990. The number of hydrogen-bond donors (Lipinski definition) is 3. The Hall–Kier alpha value is -1.10. The van der Waals surface area contributed by atoms with Gasteiger partial charge in [0.05, 0.1) is 0 Å². The lowest BCUT2D eigenvalue weighted by Gasteiger charge is -2.24. The van der Waals surface area contributed by atoms with Gasteiger partial charge in [-0.2, -0.15) is 0 Å². The summed E-state index contributed by atoms with van der Waals surface area (Å²) in [4.78, 5) is 21.7. The van der Waals surface area contributed by atoms with E-state index < -0.39 is 12.0 Å². The van der Waals surface area contributed by atoms with Gasteiger partial charge in [-0.25, -0.2) is 4.79 Å². The van der Waals surface area contributed by atoms with Gasteiger partial charge in [-0.15, -0.1) is 0 Å². The van der Waals surface area contributed by atoms with Gasteiger partial charge in [0, 0.05) is 19.5 Å². The molecule has 5 heteroatoms. The molecular formula is C12H24N2O3. The second-order valence-corrected chi connectivity index (χ2v) is 4.36. The number of carboxylic acids is 1. The maximum absolute atomic E-state index is 10.9. The van der Waals surface area contributed by atoms with Crippen LogP contribution in [-0.4, -0.2) is 35.6 Å². The Bertz CT molecular complexity index is 252. The summed E-state index contributed by atoms with van der Waals surface area (Å²) in [5, 5.41) is 14.5. The normalized spacial score (nSPS) is 14.4. The van der Waals surface area contributed by atoms with Gasteiger partial charge in [0.15, 0.2) is 0 Å². The third-order valence-corrected chi connectivity index (χ3v) is 3.08. The van der Waals surface area contributed by atoms with E-state index in [0.29, 0.717) is 5.92 Å².